The van der Waals surface area contributed by atoms with E-state index in [1.807, 2.05) is 6.07 Å². The van der Waals surface area contributed by atoms with E-state index < -0.39 is 10.0 Å². The molecule has 0 saturated carbocycles. The van der Waals surface area contributed by atoms with Gasteiger partial charge in [0.25, 0.3) is 0 Å². The van der Waals surface area contributed by atoms with Crippen molar-refractivity contribution in [2.24, 2.45) is 0 Å². The van der Waals surface area contributed by atoms with Gasteiger partial charge in [0.15, 0.2) is 0 Å². The average Bonchev–Trinajstić information content (AvgIpc) is 2.97. The van der Waals surface area contributed by atoms with Crippen LogP contribution in [0, 0.1) is 11.3 Å². The van der Waals surface area contributed by atoms with Gasteiger partial charge in [-0.05, 0) is 24.3 Å². The molecule has 2 rings (SSSR count). The molecule has 20 heavy (non-hydrogen) atoms. The minimum Gasteiger partial charge on any atom is -0.355 e. The minimum atomic E-state index is -3.65. The third-order valence-corrected chi connectivity index (χ3v) is 4.85. The van der Waals surface area contributed by atoms with E-state index in [1.165, 1.54) is 35.6 Å². The lowest BCUT2D eigenvalue weighted by Crippen LogP contribution is -2.31. The summed E-state index contributed by atoms with van der Waals surface area (Å²) in [5, 5.41) is 11.2. The van der Waals surface area contributed by atoms with Gasteiger partial charge >= 0.3 is 0 Å². The van der Waals surface area contributed by atoms with Crippen LogP contribution in [0.5, 0.6) is 0 Å². The van der Waals surface area contributed by atoms with Crippen molar-refractivity contribution < 1.29 is 13.2 Å². The van der Waals surface area contributed by atoms with Crippen LogP contribution in [0.1, 0.15) is 5.56 Å². The van der Waals surface area contributed by atoms with Gasteiger partial charge in [0.2, 0.25) is 15.9 Å². The number of nitriles is 1. The zero-order chi connectivity index (χ0) is 14.8. The van der Waals surface area contributed by atoms with E-state index in [9.17, 15) is 13.2 Å². The summed E-state index contributed by atoms with van der Waals surface area (Å²) in [6.45, 7) is 0.229. The first-order chi connectivity index (χ1) is 9.48. The van der Waals surface area contributed by atoms with Crippen LogP contribution >= 0.6 is 0 Å². The molecule has 1 aliphatic rings. The molecule has 1 aromatic rings. The lowest BCUT2D eigenvalue weighted by molar-refractivity contribution is -0.117. The molecular formula is C13H13N3O3S. The summed E-state index contributed by atoms with van der Waals surface area (Å²) in [5.41, 5.74) is 0.833. The van der Waals surface area contributed by atoms with E-state index in [2.05, 4.69) is 5.32 Å². The van der Waals surface area contributed by atoms with Crippen molar-refractivity contribution in [1.29, 1.82) is 5.26 Å². The second kappa shape index (κ2) is 5.45. The number of carbonyl (C=O) groups is 1. The predicted molar refractivity (Wildman–Crippen MR) is 72.1 cm³/mol. The topological polar surface area (TPSA) is 90.3 Å². The number of likely N-dealkylation sites (N-methyl/N-ethyl adjacent to an activating group) is 1. The Balaban J connectivity index is 2.21. The normalized spacial score (nSPS) is 15.5. The third-order valence-electron chi connectivity index (χ3n) is 3.03. The van der Waals surface area contributed by atoms with Crippen LogP contribution in [-0.4, -0.2) is 38.8 Å². The Bertz CT molecular complexity index is 699. The molecule has 0 aliphatic carbocycles. The maximum Gasteiger partial charge on any atom is 0.248 e. The van der Waals surface area contributed by atoms with Crippen LogP contribution in [0.2, 0.25) is 0 Å². The van der Waals surface area contributed by atoms with E-state index in [1.54, 1.807) is 6.08 Å². The average molecular weight is 291 g/mol. The van der Waals surface area contributed by atoms with Gasteiger partial charge < -0.3 is 5.32 Å². The molecule has 0 spiro atoms. The van der Waals surface area contributed by atoms with E-state index in [4.69, 9.17) is 5.26 Å². The lowest BCUT2D eigenvalue weighted by Gasteiger charge is -2.16. The Morgan fingerprint density at radius 2 is 2.00 bits per heavy atom. The highest BCUT2D eigenvalue weighted by Gasteiger charge is 2.29. The second-order valence-electron chi connectivity index (χ2n) is 4.24. The molecule has 0 aromatic heterocycles. The third kappa shape index (κ3) is 2.57. The van der Waals surface area contributed by atoms with E-state index in [0.29, 0.717) is 11.1 Å². The van der Waals surface area contributed by atoms with Crippen molar-refractivity contribution in [2.75, 3.05) is 20.1 Å². The van der Waals surface area contributed by atoms with Gasteiger partial charge in [0, 0.05) is 25.7 Å². The molecule has 0 radical (unpaired) electrons. The highest BCUT2D eigenvalue weighted by Crippen LogP contribution is 2.21. The molecule has 7 heteroatoms. The van der Waals surface area contributed by atoms with Gasteiger partial charge in [-0.3, -0.25) is 4.79 Å². The van der Waals surface area contributed by atoms with Crippen LogP contribution in [0.3, 0.4) is 0 Å². The monoisotopic (exact) mass is 291 g/mol. The molecule has 0 unspecified atom stereocenters. The number of rotatable bonds is 3. The zero-order valence-electron chi connectivity index (χ0n) is 10.8. The smallest absolute Gasteiger partial charge is 0.248 e. The summed E-state index contributed by atoms with van der Waals surface area (Å²) in [4.78, 5) is 11.6. The molecule has 1 aliphatic heterocycles. The first kappa shape index (κ1) is 14.2. The van der Waals surface area contributed by atoms with Gasteiger partial charge in [-0.2, -0.15) is 9.57 Å². The van der Waals surface area contributed by atoms with Crippen molar-refractivity contribution in [3.63, 3.8) is 0 Å². The van der Waals surface area contributed by atoms with E-state index in [0.717, 1.165) is 0 Å². The minimum absolute atomic E-state index is 0.0575. The summed E-state index contributed by atoms with van der Waals surface area (Å²) in [5.74, 6) is -0.275. The van der Waals surface area contributed by atoms with Gasteiger partial charge in [-0.15, -0.1) is 0 Å². The van der Waals surface area contributed by atoms with Crippen LogP contribution in [0.4, 0.5) is 0 Å². The van der Waals surface area contributed by atoms with Crippen molar-refractivity contribution >= 4 is 15.9 Å². The molecule has 1 amide bonds. The van der Waals surface area contributed by atoms with Crippen molar-refractivity contribution in [3.8, 4) is 6.07 Å². The summed E-state index contributed by atoms with van der Waals surface area (Å²) in [7, 11) is -2.15. The lowest BCUT2D eigenvalue weighted by atomic mass is 10.2. The number of hydrogen-bond acceptors (Lipinski definition) is 4. The van der Waals surface area contributed by atoms with Crippen molar-refractivity contribution in [2.45, 2.75) is 4.90 Å². The highest BCUT2D eigenvalue weighted by molar-refractivity contribution is 7.89. The summed E-state index contributed by atoms with van der Waals surface area (Å²) >= 11 is 0. The molecule has 6 nitrogen and oxygen atoms in total. The molecular weight excluding hydrogens is 278 g/mol. The fraction of sp³-hybridized carbons (Fsp3) is 0.231. The van der Waals surface area contributed by atoms with Crippen LogP contribution in [0.15, 0.2) is 40.8 Å². The largest absolute Gasteiger partial charge is 0.355 e. The Kier molecular flexibility index (Phi) is 3.88. The second-order valence-corrected chi connectivity index (χ2v) is 6.18. The number of hydrogen-bond donors (Lipinski definition) is 1. The van der Waals surface area contributed by atoms with Gasteiger partial charge in [0.05, 0.1) is 16.5 Å². The Labute approximate surface area is 117 Å². The van der Waals surface area contributed by atoms with Crippen molar-refractivity contribution in [3.05, 3.63) is 41.5 Å². The number of carbonyl (C=O) groups excluding carboxylic acids is 1. The number of amides is 1. The van der Waals surface area contributed by atoms with E-state index >= 15 is 0 Å². The molecule has 1 aromatic carbocycles. The molecule has 1 N–H and O–H groups in total. The SMILES string of the molecule is CNC(=O)C1=CCN(S(=O)(=O)c2ccc(C#N)cc2)C1. The molecule has 0 atom stereocenters. The standard InChI is InChI=1S/C13H13N3O3S/c1-15-13(17)11-6-7-16(9-11)20(18,19)12-4-2-10(8-14)3-5-12/h2-6H,7,9H2,1H3,(H,15,17). The fourth-order valence-corrected chi connectivity index (χ4v) is 3.25. The van der Waals surface area contributed by atoms with Gasteiger partial charge in [-0.25, -0.2) is 8.42 Å². The maximum absolute atomic E-state index is 12.4. The van der Waals surface area contributed by atoms with Gasteiger partial charge in [-0.1, -0.05) is 6.08 Å². The number of nitrogens with one attached hydrogen (secondary N) is 1. The molecule has 0 fully saturated rings. The summed E-state index contributed by atoms with van der Waals surface area (Å²) in [6.07, 6.45) is 1.60. The number of nitrogens with zero attached hydrogens (tertiary/aromatic N) is 2. The van der Waals surface area contributed by atoms with Crippen LogP contribution in [-0.2, 0) is 14.8 Å². The first-order valence-electron chi connectivity index (χ1n) is 5.90. The van der Waals surface area contributed by atoms with E-state index in [-0.39, 0.29) is 23.9 Å². The predicted octanol–water partition coefficient (Wildman–Crippen LogP) is 0.235. The quantitative estimate of drug-likeness (QED) is 0.863. The number of benzene rings is 1. The molecule has 0 saturated heterocycles. The van der Waals surface area contributed by atoms with Crippen LogP contribution in [0.25, 0.3) is 0 Å². The Morgan fingerprint density at radius 1 is 1.35 bits per heavy atom. The Hall–Kier alpha value is -2.17. The fourth-order valence-electron chi connectivity index (χ4n) is 1.89. The zero-order valence-corrected chi connectivity index (χ0v) is 11.6. The van der Waals surface area contributed by atoms with Gasteiger partial charge in [0.1, 0.15) is 0 Å². The van der Waals surface area contributed by atoms with Crippen LogP contribution < -0.4 is 5.32 Å². The Morgan fingerprint density at radius 3 is 2.55 bits per heavy atom. The number of sulfonamides is 1. The first-order valence-corrected chi connectivity index (χ1v) is 7.34. The molecule has 0 bridgehead atoms. The maximum atomic E-state index is 12.4. The van der Waals surface area contributed by atoms with Crippen molar-refractivity contribution in [1.82, 2.24) is 9.62 Å². The molecule has 104 valence electrons. The summed E-state index contributed by atoms with van der Waals surface area (Å²) < 4.78 is 26.0. The highest BCUT2D eigenvalue weighted by atomic mass is 32.2. The summed E-state index contributed by atoms with van der Waals surface area (Å²) in [6, 6.07) is 7.63. The molecule has 1 heterocycles.